The van der Waals surface area contributed by atoms with Crippen LogP contribution in [0.2, 0.25) is 0 Å². The molecule has 21 heavy (non-hydrogen) atoms. The molecule has 1 aromatic carbocycles. The van der Waals surface area contributed by atoms with E-state index >= 15 is 0 Å². The molecule has 0 radical (unpaired) electrons. The zero-order valence-corrected chi connectivity index (χ0v) is 12.9. The summed E-state index contributed by atoms with van der Waals surface area (Å²) in [4.78, 5) is 23.0. The van der Waals surface area contributed by atoms with E-state index in [4.69, 9.17) is 19.9 Å². The minimum Gasteiger partial charge on any atom is -0.493 e. The van der Waals surface area contributed by atoms with Gasteiger partial charge in [-0.05, 0) is 45.9 Å². The van der Waals surface area contributed by atoms with Gasteiger partial charge in [-0.1, -0.05) is 0 Å². The number of hydrogen-bond acceptors (Lipinski definition) is 5. The summed E-state index contributed by atoms with van der Waals surface area (Å²) >= 11 is 0. The molecule has 116 valence electrons. The van der Waals surface area contributed by atoms with Gasteiger partial charge in [0.2, 0.25) is 5.91 Å². The normalized spacial score (nSPS) is 12.4. The maximum atomic E-state index is 11.9. The van der Waals surface area contributed by atoms with Gasteiger partial charge in [0.25, 0.3) is 0 Å². The van der Waals surface area contributed by atoms with E-state index in [0.29, 0.717) is 17.1 Å². The van der Waals surface area contributed by atoms with Crippen LogP contribution in [0.1, 0.15) is 38.1 Å². The number of methoxy groups -OCH3 is 1. The summed E-state index contributed by atoms with van der Waals surface area (Å²) in [6.07, 6.45) is -0.808. The molecule has 6 nitrogen and oxygen atoms in total. The molecule has 1 aromatic rings. The Morgan fingerprint density at radius 3 is 2.29 bits per heavy atom. The van der Waals surface area contributed by atoms with Crippen LogP contribution < -0.4 is 15.2 Å². The zero-order valence-electron chi connectivity index (χ0n) is 12.9. The second-order valence-electron chi connectivity index (χ2n) is 5.52. The number of carbonyl (C=O) groups is 2. The van der Waals surface area contributed by atoms with E-state index in [1.807, 2.05) is 0 Å². The highest BCUT2D eigenvalue weighted by atomic mass is 16.6. The van der Waals surface area contributed by atoms with Gasteiger partial charge in [-0.15, -0.1) is 0 Å². The Morgan fingerprint density at radius 2 is 1.81 bits per heavy atom. The van der Waals surface area contributed by atoms with Crippen LogP contribution in [0.25, 0.3) is 0 Å². The van der Waals surface area contributed by atoms with Crippen molar-refractivity contribution in [1.82, 2.24) is 0 Å². The van der Waals surface area contributed by atoms with Crippen molar-refractivity contribution in [3.05, 3.63) is 23.8 Å². The molecule has 0 aliphatic rings. The molecule has 1 unspecified atom stereocenters. The Bertz CT molecular complexity index is 533. The highest BCUT2D eigenvalue weighted by Crippen LogP contribution is 2.29. The molecule has 0 bridgehead atoms. The molecule has 0 aliphatic heterocycles. The van der Waals surface area contributed by atoms with E-state index < -0.39 is 23.6 Å². The third kappa shape index (κ3) is 4.98. The number of amides is 1. The number of carbonyl (C=O) groups excluding carboxylic acids is 2. The first-order chi connectivity index (χ1) is 9.64. The van der Waals surface area contributed by atoms with Gasteiger partial charge >= 0.3 is 5.97 Å². The first-order valence-corrected chi connectivity index (χ1v) is 6.51. The van der Waals surface area contributed by atoms with Crippen LogP contribution in [-0.2, 0) is 9.53 Å². The fraction of sp³-hybridized carbons (Fsp3) is 0.467. The standard InChI is InChI=1S/C15H21NO5/c1-9(14(18)21-15(2,3)4)20-11-7-6-10(13(16)17)8-12(11)19-5/h6-9H,1-5H3,(H2,16,17). The van der Waals surface area contributed by atoms with Gasteiger partial charge in [-0.3, -0.25) is 4.79 Å². The molecular weight excluding hydrogens is 274 g/mol. The lowest BCUT2D eigenvalue weighted by atomic mass is 10.2. The molecule has 0 aliphatic carbocycles. The quantitative estimate of drug-likeness (QED) is 0.838. The maximum absolute atomic E-state index is 11.9. The van der Waals surface area contributed by atoms with Gasteiger partial charge in [-0.2, -0.15) is 0 Å². The fourth-order valence-electron chi connectivity index (χ4n) is 1.54. The van der Waals surface area contributed by atoms with Crippen molar-refractivity contribution >= 4 is 11.9 Å². The van der Waals surface area contributed by atoms with E-state index in [-0.39, 0.29) is 0 Å². The number of rotatable bonds is 5. The lowest BCUT2D eigenvalue weighted by Gasteiger charge is -2.23. The number of benzene rings is 1. The Morgan fingerprint density at radius 1 is 1.19 bits per heavy atom. The molecule has 1 rings (SSSR count). The van der Waals surface area contributed by atoms with Gasteiger partial charge in [0.05, 0.1) is 7.11 Å². The molecule has 1 atom stereocenters. The van der Waals surface area contributed by atoms with Crippen LogP contribution in [0, 0.1) is 0 Å². The smallest absolute Gasteiger partial charge is 0.347 e. The average molecular weight is 295 g/mol. The third-order valence-corrected chi connectivity index (χ3v) is 2.49. The molecule has 0 heterocycles. The van der Waals surface area contributed by atoms with E-state index in [0.717, 1.165) is 0 Å². The number of hydrogen-bond donors (Lipinski definition) is 1. The summed E-state index contributed by atoms with van der Waals surface area (Å²) in [5.74, 6) is -0.397. The molecular formula is C15H21NO5. The predicted octanol–water partition coefficient (Wildman–Crippen LogP) is 1.90. The van der Waals surface area contributed by atoms with Crippen molar-refractivity contribution in [1.29, 1.82) is 0 Å². The van der Waals surface area contributed by atoms with E-state index in [2.05, 4.69) is 0 Å². The van der Waals surface area contributed by atoms with Crippen LogP contribution in [0.4, 0.5) is 0 Å². The third-order valence-electron chi connectivity index (χ3n) is 2.49. The summed E-state index contributed by atoms with van der Waals surface area (Å²) in [6, 6.07) is 4.49. The maximum Gasteiger partial charge on any atom is 0.347 e. The van der Waals surface area contributed by atoms with Crippen LogP contribution in [0.15, 0.2) is 18.2 Å². The van der Waals surface area contributed by atoms with Crippen LogP contribution in [-0.4, -0.2) is 30.7 Å². The van der Waals surface area contributed by atoms with E-state index in [9.17, 15) is 9.59 Å². The van der Waals surface area contributed by atoms with E-state index in [1.165, 1.54) is 25.3 Å². The largest absolute Gasteiger partial charge is 0.493 e. The SMILES string of the molecule is COc1cc(C(N)=O)ccc1OC(C)C(=O)OC(C)(C)C. The summed E-state index contributed by atoms with van der Waals surface area (Å²) in [6.45, 7) is 6.91. The molecule has 1 amide bonds. The second-order valence-corrected chi connectivity index (χ2v) is 5.52. The summed E-state index contributed by atoms with van der Waals surface area (Å²) < 4.78 is 15.9. The minimum atomic E-state index is -0.808. The second kappa shape index (κ2) is 6.47. The number of ether oxygens (including phenoxy) is 3. The van der Waals surface area contributed by atoms with E-state index in [1.54, 1.807) is 27.7 Å². The number of nitrogens with two attached hydrogens (primary N) is 1. The number of esters is 1. The monoisotopic (exact) mass is 295 g/mol. The molecule has 0 aromatic heterocycles. The minimum absolute atomic E-state index is 0.295. The van der Waals surface area contributed by atoms with Crippen LogP contribution >= 0.6 is 0 Å². The number of primary amides is 1. The zero-order chi connectivity index (χ0) is 16.2. The van der Waals surface area contributed by atoms with Crippen molar-refractivity contribution in [2.75, 3.05) is 7.11 Å². The Balaban J connectivity index is 2.87. The summed E-state index contributed by atoms with van der Waals surface area (Å²) in [7, 11) is 1.44. The van der Waals surface area contributed by atoms with Gasteiger partial charge in [-0.25, -0.2) is 4.79 Å². The molecule has 2 N–H and O–H groups in total. The van der Waals surface area contributed by atoms with Crippen LogP contribution in [0.3, 0.4) is 0 Å². The molecule has 0 fully saturated rings. The predicted molar refractivity (Wildman–Crippen MR) is 77.4 cm³/mol. The van der Waals surface area contributed by atoms with Crippen molar-refractivity contribution in [2.45, 2.75) is 39.4 Å². The van der Waals surface area contributed by atoms with Crippen LogP contribution in [0.5, 0.6) is 11.5 Å². The average Bonchev–Trinajstić information content (AvgIpc) is 2.36. The van der Waals surface area contributed by atoms with Crippen molar-refractivity contribution in [2.24, 2.45) is 5.73 Å². The highest BCUT2D eigenvalue weighted by molar-refractivity contribution is 5.93. The Kier molecular flexibility index (Phi) is 5.18. The Labute approximate surface area is 124 Å². The first-order valence-electron chi connectivity index (χ1n) is 6.51. The molecule has 6 heteroatoms. The van der Waals surface area contributed by atoms with Gasteiger partial charge in [0, 0.05) is 5.56 Å². The van der Waals surface area contributed by atoms with Crippen molar-refractivity contribution in [3.8, 4) is 11.5 Å². The van der Waals surface area contributed by atoms with Crippen molar-refractivity contribution in [3.63, 3.8) is 0 Å². The molecule has 0 spiro atoms. The lowest BCUT2D eigenvalue weighted by molar-refractivity contribution is -0.162. The lowest BCUT2D eigenvalue weighted by Crippen LogP contribution is -2.33. The molecule has 0 saturated carbocycles. The topological polar surface area (TPSA) is 87.9 Å². The first kappa shape index (κ1) is 16.8. The summed E-state index contributed by atoms with van der Waals surface area (Å²) in [5, 5.41) is 0. The van der Waals surface area contributed by atoms with Gasteiger partial charge < -0.3 is 19.9 Å². The van der Waals surface area contributed by atoms with Gasteiger partial charge in [0.1, 0.15) is 5.60 Å². The summed E-state index contributed by atoms with van der Waals surface area (Å²) in [5.41, 5.74) is 4.90. The van der Waals surface area contributed by atoms with Crippen molar-refractivity contribution < 1.29 is 23.8 Å². The highest BCUT2D eigenvalue weighted by Gasteiger charge is 2.24. The Hall–Kier alpha value is -2.24. The van der Waals surface area contributed by atoms with Gasteiger partial charge in [0.15, 0.2) is 17.6 Å². The molecule has 0 saturated heterocycles. The fourth-order valence-corrected chi connectivity index (χ4v) is 1.54.